The number of aromatic carboxylic acids is 1. The zero-order valence-corrected chi connectivity index (χ0v) is 30.4. The minimum Gasteiger partial charge on any atom is -0.478 e. The molecule has 0 saturated heterocycles. The van der Waals surface area contributed by atoms with Crippen molar-refractivity contribution in [1.82, 2.24) is 28.9 Å². The van der Waals surface area contributed by atoms with Gasteiger partial charge in [-0.1, -0.05) is 48.0 Å². The smallest absolute Gasteiger partial charge is 0.335 e. The minimum atomic E-state index is -0.933. The van der Waals surface area contributed by atoms with Gasteiger partial charge < -0.3 is 29.8 Å². The van der Waals surface area contributed by atoms with Crippen LogP contribution in [0.5, 0.6) is 0 Å². The van der Waals surface area contributed by atoms with Gasteiger partial charge in [-0.25, -0.2) is 14.8 Å². The Morgan fingerprint density at radius 3 is 2.00 bits per heavy atom. The lowest BCUT2D eigenvalue weighted by molar-refractivity contribution is 0.0696. The van der Waals surface area contributed by atoms with E-state index in [9.17, 15) is 14.4 Å². The molecule has 0 unspecified atom stereocenters. The molecule has 12 nitrogen and oxygen atoms in total. The lowest BCUT2D eigenvalue weighted by atomic mass is 9.98. The number of aromatic nitrogens is 4. The quantitative estimate of drug-likeness (QED) is 0.180. The van der Waals surface area contributed by atoms with Crippen molar-refractivity contribution in [3.8, 4) is 11.1 Å². The summed E-state index contributed by atoms with van der Waals surface area (Å²) in [6.07, 6.45) is 2.39. The molecule has 2 aliphatic heterocycles. The topological polar surface area (TPSA) is 138 Å². The Balaban J connectivity index is 1.04. The molecule has 2 aromatic heterocycles. The maximum atomic E-state index is 13.7. The Labute approximate surface area is 307 Å². The number of benzene rings is 3. The first kappa shape index (κ1) is 35.1. The Bertz CT molecular complexity index is 2210. The van der Waals surface area contributed by atoms with E-state index in [-0.39, 0.29) is 17.4 Å². The van der Waals surface area contributed by atoms with E-state index in [1.165, 1.54) is 0 Å². The summed E-state index contributed by atoms with van der Waals surface area (Å²) < 4.78 is 3.75. The molecule has 4 heterocycles. The summed E-state index contributed by atoms with van der Waals surface area (Å²) in [5.74, 6) is -0.886. The van der Waals surface area contributed by atoms with Gasteiger partial charge in [-0.2, -0.15) is 0 Å². The summed E-state index contributed by atoms with van der Waals surface area (Å²) in [4.78, 5) is 52.2. The zero-order chi connectivity index (χ0) is 36.7. The highest BCUT2D eigenvalue weighted by atomic mass is 35.5. The first-order valence-corrected chi connectivity index (χ1v) is 17.7. The summed E-state index contributed by atoms with van der Waals surface area (Å²) in [5, 5.41) is 15.6. The van der Waals surface area contributed by atoms with Crippen molar-refractivity contribution in [3.63, 3.8) is 0 Å². The number of anilines is 2. The number of imidazole rings is 2. The molecule has 2 amide bonds. The van der Waals surface area contributed by atoms with E-state index < -0.39 is 5.97 Å². The maximum absolute atomic E-state index is 13.7. The van der Waals surface area contributed by atoms with E-state index in [0.717, 1.165) is 83.9 Å². The van der Waals surface area contributed by atoms with Crippen molar-refractivity contribution < 1.29 is 19.5 Å². The highest BCUT2D eigenvalue weighted by molar-refractivity contribution is 6.36. The van der Waals surface area contributed by atoms with Crippen molar-refractivity contribution in [2.75, 3.05) is 37.3 Å². The Morgan fingerprint density at radius 1 is 0.769 bits per heavy atom. The number of rotatable bonds is 9. The van der Waals surface area contributed by atoms with Crippen LogP contribution in [0, 0.1) is 6.92 Å². The standard InChI is InChI=1S/C39H41ClN8O4/c1-23-26(27-8-6-10-29(34(27)40)44-38(50)36-41-30-21-45(2)18-16-32(30)46(36)3)7-5-9-28(23)43-37(49)35-42-31-22-48(20-17-33(31)47(35)4)19-15-24-11-13-25(14-12-24)39(51)52/h5-14H,15-22H2,1-4H3,(H,43,49)(H,44,50)(H,51,52). The number of carboxylic acids is 1. The molecule has 3 N–H and O–H groups in total. The lowest BCUT2D eigenvalue weighted by Gasteiger charge is -2.26. The number of hydrogen-bond donors (Lipinski definition) is 3. The fourth-order valence-electron chi connectivity index (χ4n) is 7.20. The van der Waals surface area contributed by atoms with Crippen LogP contribution in [-0.2, 0) is 46.4 Å². The van der Waals surface area contributed by atoms with Crippen molar-refractivity contribution >= 4 is 40.8 Å². The molecule has 5 aromatic rings. The summed E-state index contributed by atoms with van der Waals surface area (Å²) >= 11 is 6.95. The van der Waals surface area contributed by atoms with Crippen molar-refractivity contribution in [2.45, 2.75) is 39.3 Å². The second-order valence-electron chi connectivity index (χ2n) is 13.6. The van der Waals surface area contributed by atoms with Gasteiger partial charge in [-0.05, 0) is 61.3 Å². The Morgan fingerprint density at radius 2 is 1.35 bits per heavy atom. The largest absolute Gasteiger partial charge is 0.478 e. The normalized spacial score (nSPS) is 14.5. The summed E-state index contributed by atoms with van der Waals surface area (Å²) in [5.41, 5.74) is 8.74. The molecule has 3 aromatic carbocycles. The van der Waals surface area contributed by atoms with Crippen molar-refractivity contribution in [2.24, 2.45) is 14.1 Å². The summed E-state index contributed by atoms with van der Waals surface area (Å²) in [6.45, 7) is 5.81. The number of carbonyl (C=O) groups is 3. The molecule has 2 aliphatic rings. The molecule has 0 spiro atoms. The number of carbonyl (C=O) groups excluding carboxylic acids is 2. The van der Waals surface area contributed by atoms with Gasteiger partial charge in [-0.3, -0.25) is 14.5 Å². The van der Waals surface area contributed by atoms with Crippen LogP contribution in [0.1, 0.15) is 65.5 Å². The molecule has 0 fully saturated rings. The number of likely N-dealkylation sites (N-methyl/N-ethyl adjacent to an activating group) is 1. The van der Waals surface area contributed by atoms with E-state index in [0.29, 0.717) is 41.1 Å². The molecule has 0 bridgehead atoms. The van der Waals surface area contributed by atoms with Gasteiger partial charge in [0.1, 0.15) is 0 Å². The van der Waals surface area contributed by atoms with Gasteiger partial charge in [-0.15, -0.1) is 0 Å². The highest BCUT2D eigenvalue weighted by Crippen LogP contribution is 2.38. The van der Waals surface area contributed by atoms with E-state index in [4.69, 9.17) is 21.7 Å². The number of amides is 2. The maximum Gasteiger partial charge on any atom is 0.335 e. The van der Waals surface area contributed by atoms with E-state index >= 15 is 0 Å². The summed E-state index contributed by atoms with van der Waals surface area (Å²) in [7, 11) is 5.79. The van der Waals surface area contributed by atoms with Crippen molar-refractivity contribution in [3.05, 3.63) is 117 Å². The minimum absolute atomic E-state index is 0.277. The molecular formula is C39H41ClN8O4. The third-order valence-electron chi connectivity index (χ3n) is 10.2. The van der Waals surface area contributed by atoms with Gasteiger partial charge in [0, 0.05) is 82.3 Å². The third-order valence-corrected chi connectivity index (χ3v) is 10.6. The Kier molecular flexibility index (Phi) is 9.71. The molecule has 0 radical (unpaired) electrons. The van der Waals surface area contributed by atoms with E-state index in [2.05, 4.69) is 25.4 Å². The number of hydrogen-bond acceptors (Lipinski definition) is 7. The molecule has 0 aliphatic carbocycles. The fourth-order valence-corrected chi connectivity index (χ4v) is 7.47. The lowest BCUT2D eigenvalue weighted by Crippen LogP contribution is -2.32. The monoisotopic (exact) mass is 720 g/mol. The first-order chi connectivity index (χ1) is 25.0. The van der Waals surface area contributed by atoms with Gasteiger partial charge >= 0.3 is 5.97 Å². The van der Waals surface area contributed by atoms with Crippen LogP contribution in [0.25, 0.3) is 11.1 Å². The fraction of sp³-hybridized carbons (Fsp3) is 0.308. The van der Waals surface area contributed by atoms with Crippen LogP contribution in [-0.4, -0.2) is 78.5 Å². The van der Waals surface area contributed by atoms with Crippen LogP contribution in [0.2, 0.25) is 5.02 Å². The SMILES string of the molecule is Cc1c(NC(=O)c2nc3c(n2C)CCN(CCc2ccc(C(=O)O)cc2)C3)cccc1-c1cccc(NC(=O)c2nc3c(n2C)CCN(C)C3)c1Cl. The first-order valence-electron chi connectivity index (χ1n) is 17.3. The molecule has 0 saturated carbocycles. The van der Waals surface area contributed by atoms with Crippen LogP contribution in [0.15, 0.2) is 60.7 Å². The number of carboxylic acid groups (broad SMARTS) is 1. The van der Waals surface area contributed by atoms with Crippen molar-refractivity contribution in [1.29, 1.82) is 0 Å². The number of halogens is 1. The van der Waals surface area contributed by atoms with Gasteiger partial charge in [0.05, 0.1) is 27.7 Å². The molecular weight excluding hydrogens is 680 g/mol. The second-order valence-corrected chi connectivity index (χ2v) is 14.0. The number of nitrogens with zero attached hydrogens (tertiary/aromatic N) is 6. The predicted molar refractivity (Wildman–Crippen MR) is 200 cm³/mol. The molecule has 268 valence electrons. The average Bonchev–Trinajstić information content (AvgIpc) is 3.64. The van der Waals surface area contributed by atoms with Gasteiger partial charge in [0.15, 0.2) is 11.6 Å². The van der Waals surface area contributed by atoms with Gasteiger partial charge in [0.2, 0.25) is 0 Å². The van der Waals surface area contributed by atoms with Crippen LogP contribution in [0.4, 0.5) is 11.4 Å². The second kappa shape index (κ2) is 14.4. The highest BCUT2D eigenvalue weighted by Gasteiger charge is 2.27. The molecule has 0 atom stereocenters. The molecule has 13 heteroatoms. The molecule has 7 rings (SSSR count). The third kappa shape index (κ3) is 6.84. The summed E-state index contributed by atoms with van der Waals surface area (Å²) in [6, 6.07) is 18.1. The number of nitrogens with one attached hydrogen (secondary N) is 2. The van der Waals surface area contributed by atoms with E-state index in [1.54, 1.807) is 18.2 Å². The van der Waals surface area contributed by atoms with Gasteiger partial charge in [0.25, 0.3) is 11.8 Å². The van der Waals surface area contributed by atoms with Crippen LogP contribution in [0.3, 0.4) is 0 Å². The number of fused-ring (bicyclic) bond motifs is 2. The zero-order valence-electron chi connectivity index (χ0n) is 29.7. The van der Waals surface area contributed by atoms with E-state index in [1.807, 2.05) is 79.7 Å². The van der Waals surface area contributed by atoms with Crippen LogP contribution < -0.4 is 10.6 Å². The molecule has 52 heavy (non-hydrogen) atoms. The Hall–Kier alpha value is -5.30. The predicted octanol–water partition coefficient (Wildman–Crippen LogP) is 5.57. The average molecular weight is 721 g/mol. The van der Waals surface area contributed by atoms with Crippen LogP contribution >= 0.6 is 11.6 Å².